The van der Waals surface area contributed by atoms with Crippen LogP contribution in [-0.2, 0) is 0 Å². The van der Waals surface area contributed by atoms with Gasteiger partial charge in [0.15, 0.2) is 6.61 Å². The average Bonchev–Trinajstić information content (AvgIpc) is 2.14. The molecule has 0 atom stereocenters. The van der Waals surface area contributed by atoms with Crippen LogP contribution in [0.3, 0.4) is 0 Å². The number of carbonyl (C=O) groups excluding carboxylic acids is 1. The van der Waals surface area contributed by atoms with E-state index in [-0.39, 0.29) is 5.56 Å². The molecule has 0 aromatic carbocycles. The molecule has 5 nitrogen and oxygen atoms in total. The molecule has 0 saturated heterocycles. The number of aromatic nitrogens is 2. The molecule has 0 unspecified atom stereocenters. The van der Waals surface area contributed by atoms with Crippen molar-refractivity contribution < 1.29 is 22.7 Å². The molecule has 0 aliphatic heterocycles. The molecule has 2 N–H and O–H groups in total. The molecule has 0 spiro atoms. The van der Waals surface area contributed by atoms with Crippen molar-refractivity contribution >= 4 is 5.91 Å². The number of nitrogens with two attached hydrogens (primary N) is 1. The van der Waals surface area contributed by atoms with Crippen LogP contribution in [0.1, 0.15) is 10.4 Å². The van der Waals surface area contributed by atoms with E-state index < -0.39 is 24.7 Å². The Balaban J connectivity index is 2.61. The zero-order valence-corrected chi connectivity index (χ0v) is 7.28. The van der Waals surface area contributed by atoms with Crippen LogP contribution in [0.25, 0.3) is 0 Å². The number of halogens is 3. The van der Waals surface area contributed by atoms with Crippen LogP contribution in [0.4, 0.5) is 13.2 Å². The number of hydrogen-bond donors (Lipinski definition) is 1. The standard InChI is InChI=1S/C7H6F3N3O2/c8-7(9,10)3-15-6-12-1-4(2-13-6)5(11)14/h1-2H,3H2,(H2,11,14). The second kappa shape index (κ2) is 4.11. The Morgan fingerprint density at radius 3 is 2.33 bits per heavy atom. The molecule has 0 fully saturated rings. The van der Waals surface area contributed by atoms with Crippen molar-refractivity contribution in [2.45, 2.75) is 6.18 Å². The summed E-state index contributed by atoms with van der Waals surface area (Å²) in [6.45, 7) is -1.48. The lowest BCUT2D eigenvalue weighted by Gasteiger charge is -2.06. The number of rotatable bonds is 3. The molecule has 0 bridgehead atoms. The smallest absolute Gasteiger partial charge is 0.422 e. The first-order valence-corrected chi connectivity index (χ1v) is 3.70. The fourth-order valence-electron chi connectivity index (χ4n) is 0.664. The van der Waals surface area contributed by atoms with Gasteiger partial charge in [-0.15, -0.1) is 0 Å². The average molecular weight is 221 g/mol. The Labute approximate surface area is 82.1 Å². The summed E-state index contributed by atoms with van der Waals surface area (Å²) >= 11 is 0. The van der Waals surface area contributed by atoms with Crippen LogP contribution in [-0.4, -0.2) is 28.7 Å². The quantitative estimate of drug-likeness (QED) is 0.806. The summed E-state index contributed by atoms with van der Waals surface area (Å²) in [6.07, 6.45) is -2.48. The molecule has 15 heavy (non-hydrogen) atoms. The number of hydrogen-bond acceptors (Lipinski definition) is 4. The topological polar surface area (TPSA) is 78.1 Å². The minimum absolute atomic E-state index is 0.00522. The lowest BCUT2D eigenvalue weighted by atomic mass is 10.3. The van der Waals surface area contributed by atoms with Gasteiger partial charge in [-0.3, -0.25) is 4.79 Å². The molecule has 0 aliphatic carbocycles. The van der Waals surface area contributed by atoms with Gasteiger partial charge in [0.1, 0.15) is 0 Å². The number of carbonyl (C=O) groups is 1. The monoisotopic (exact) mass is 221 g/mol. The van der Waals surface area contributed by atoms with Crippen molar-refractivity contribution in [2.24, 2.45) is 5.73 Å². The third-order valence-electron chi connectivity index (χ3n) is 1.28. The maximum Gasteiger partial charge on any atom is 0.422 e. The Kier molecular flexibility index (Phi) is 3.08. The molecular weight excluding hydrogens is 215 g/mol. The summed E-state index contributed by atoms with van der Waals surface area (Å²) in [4.78, 5) is 17.3. The normalized spacial score (nSPS) is 11.1. The predicted molar refractivity (Wildman–Crippen MR) is 42.1 cm³/mol. The molecule has 1 aromatic heterocycles. The van der Waals surface area contributed by atoms with Gasteiger partial charge in [-0.25, -0.2) is 9.97 Å². The van der Waals surface area contributed by atoms with Gasteiger partial charge >= 0.3 is 12.2 Å². The highest BCUT2D eigenvalue weighted by Gasteiger charge is 2.28. The Morgan fingerprint density at radius 1 is 1.40 bits per heavy atom. The Hall–Kier alpha value is -1.86. The third-order valence-corrected chi connectivity index (χ3v) is 1.28. The van der Waals surface area contributed by atoms with E-state index in [4.69, 9.17) is 5.73 Å². The maximum absolute atomic E-state index is 11.7. The van der Waals surface area contributed by atoms with Crippen molar-refractivity contribution in [2.75, 3.05) is 6.61 Å². The first-order chi connectivity index (χ1) is 6.88. The van der Waals surface area contributed by atoms with Gasteiger partial charge in [0, 0.05) is 12.4 Å². The number of primary amides is 1. The van der Waals surface area contributed by atoms with Crippen molar-refractivity contribution in [1.82, 2.24) is 9.97 Å². The highest BCUT2D eigenvalue weighted by Crippen LogP contribution is 2.15. The molecule has 1 amide bonds. The van der Waals surface area contributed by atoms with Gasteiger partial charge in [0.2, 0.25) is 0 Å². The van der Waals surface area contributed by atoms with Crippen molar-refractivity contribution in [3.05, 3.63) is 18.0 Å². The molecule has 1 aromatic rings. The number of alkyl halides is 3. The minimum Gasteiger partial charge on any atom is -0.454 e. The zero-order valence-electron chi connectivity index (χ0n) is 7.28. The second-order valence-corrected chi connectivity index (χ2v) is 2.52. The summed E-state index contributed by atoms with van der Waals surface area (Å²) in [5.74, 6) is -0.766. The van der Waals surface area contributed by atoms with Gasteiger partial charge < -0.3 is 10.5 Å². The lowest BCUT2D eigenvalue weighted by molar-refractivity contribution is -0.154. The van der Waals surface area contributed by atoms with Crippen molar-refractivity contribution in [3.8, 4) is 6.01 Å². The predicted octanol–water partition coefficient (Wildman–Crippen LogP) is 0.517. The van der Waals surface area contributed by atoms with Crippen LogP contribution in [0, 0.1) is 0 Å². The minimum atomic E-state index is -4.45. The Morgan fingerprint density at radius 2 is 1.93 bits per heavy atom. The van der Waals surface area contributed by atoms with Crippen LogP contribution < -0.4 is 10.5 Å². The molecular formula is C7H6F3N3O2. The van der Waals surface area contributed by atoms with E-state index in [2.05, 4.69) is 14.7 Å². The Bertz CT molecular complexity index is 349. The van der Waals surface area contributed by atoms with Crippen molar-refractivity contribution in [1.29, 1.82) is 0 Å². The van der Waals surface area contributed by atoms with Gasteiger partial charge in [-0.05, 0) is 0 Å². The van der Waals surface area contributed by atoms with E-state index in [0.29, 0.717) is 0 Å². The lowest BCUT2D eigenvalue weighted by Crippen LogP contribution is -2.20. The summed E-state index contributed by atoms with van der Waals surface area (Å²) in [5.41, 5.74) is 4.86. The summed E-state index contributed by atoms with van der Waals surface area (Å²) in [7, 11) is 0. The second-order valence-electron chi connectivity index (χ2n) is 2.52. The molecule has 82 valence electrons. The first-order valence-electron chi connectivity index (χ1n) is 3.70. The fourth-order valence-corrected chi connectivity index (χ4v) is 0.664. The van der Waals surface area contributed by atoms with Gasteiger partial charge in [-0.2, -0.15) is 13.2 Å². The molecule has 0 saturated carbocycles. The van der Waals surface area contributed by atoms with E-state index >= 15 is 0 Å². The van der Waals surface area contributed by atoms with Crippen LogP contribution >= 0.6 is 0 Å². The molecule has 1 rings (SSSR count). The highest BCUT2D eigenvalue weighted by atomic mass is 19.4. The summed E-state index contributed by atoms with van der Waals surface area (Å²) < 4.78 is 39.3. The number of nitrogens with zero attached hydrogens (tertiary/aromatic N) is 2. The summed E-state index contributed by atoms with van der Waals surface area (Å²) in [5, 5.41) is 0. The van der Waals surface area contributed by atoms with E-state index in [9.17, 15) is 18.0 Å². The summed E-state index contributed by atoms with van der Waals surface area (Å²) in [6, 6.07) is -0.461. The van der Waals surface area contributed by atoms with Gasteiger partial charge in [-0.1, -0.05) is 0 Å². The fraction of sp³-hybridized carbons (Fsp3) is 0.286. The van der Waals surface area contributed by atoms with Crippen LogP contribution in [0.15, 0.2) is 12.4 Å². The number of amides is 1. The first kappa shape index (κ1) is 11.2. The maximum atomic E-state index is 11.7. The van der Waals surface area contributed by atoms with Crippen molar-refractivity contribution in [3.63, 3.8) is 0 Å². The number of ether oxygens (including phenoxy) is 1. The zero-order chi connectivity index (χ0) is 11.5. The van der Waals surface area contributed by atoms with E-state index in [0.717, 1.165) is 12.4 Å². The van der Waals surface area contributed by atoms with Crippen LogP contribution in [0.5, 0.6) is 6.01 Å². The molecule has 0 radical (unpaired) electrons. The third kappa shape index (κ3) is 3.79. The van der Waals surface area contributed by atoms with E-state index in [1.807, 2.05) is 0 Å². The largest absolute Gasteiger partial charge is 0.454 e. The highest BCUT2D eigenvalue weighted by molar-refractivity contribution is 5.92. The SMILES string of the molecule is NC(=O)c1cnc(OCC(F)(F)F)nc1. The van der Waals surface area contributed by atoms with Crippen LogP contribution in [0.2, 0.25) is 0 Å². The molecule has 0 aliphatic rings. The van der Waals surface area contributed by atoms with E-state index in [1.54, 1.807) is 0 Å². The molecule has 1 heterocycles. The van der Waals surface area contributed by atoms with E-state index in [1.165, 1.54) is 0 Å². The van der Waals surface area contributed by atoms with Gasteiger partial charge in [0.05, 0.1) is 5.56 Å². The van der Waals surface area contributed by atoms with Gasteiger partial charge in [0.25, 0.3) is 5.91 Å². The molecule has 8 heteroatoms.